The van der Waals surface area contributed by atoms with E-state index in [-0.39, 0.29) is 19.3 Å². The van der Waals surface area contributed by atoms with E-state index >= 15 is 0 Å². The van der Waals surface area contributed by atoms with Crippen LogP contribution in [0.15, 0.2) is 35.8 Å². The summed E-state index contributed by atoms with van der Waals surface area (Å²) >= 11 is -0.247. The van der Waals surface area contributed by atoms with Crippen LogP contribution in [-0.2, 0) is 0 Å². The zero-order valence-electron chi connectivity index (χ0n) is 5.36. The van der Waals surface area contributed by atoms with Crippen LogP contribution >= 0.6 is 18.8 Å². The molecular formula is C7H7S2Sn. The molecule has 0 aliphatic carbocycles. The average Bonchev–Trinajstić information content (AvgIpc) is 2.01. The van der Waals surface area contributed by atoms with Crippen molar-refractivity contribution in [2.24, 2.45) is 0 Å². The van der Waals surface area contributed by atoms with Crippen LogP contribution in [0.4, 0.5) is 0 Å². The molecule has 0 aromatic carbocycles. The van der Waals surface area contributed by atoms with Crippen molar-refractivity contribution in [3.63, 3.8) is 0 Å². The van der Waals surface area contributed by atoms with Gasteiger partial charge in [0.25, 0.3) is 0 Å². The van der Waals surface area contributed by atoms with Crippen LogP contribution in [0.5, 0.6) is 0 Å². The Balaban J connectivity index is 2.53. The number of hydrogen-bond acceptors (Lipinski definition) is 2. The van der Waals surface area contributed by atoms with Gasteiger partial charge >= 0.3 is 77.9 Å². The van der Waals surface area contributed by atoms with Crippen LogP contribution in [0.3, 0.4) is 0 Å². The van der Waals surface area contributed by atoms with Crippen molar-refractivity contribution in [3.05, 3.63) is 35.8 Å². The molecule has 0 amide bonds. The van der Waals surface area contributed by atoms with Crippen molar-refractivity contribution in [2.75, 3.05) is 0 Å². The Morgan fingerprint density at radius 1 is 0.900 bits per heavy atom. The van der Waals surface area contributed by atoms with Crippen molar-refractivity contribution >= 4 is 42.1 Å². The maximum absolute atomic E-state index is 2.32. The van der Waals surface area contributed by atoms with Crippen molar-refractivity contribution in [1.29, 1.82) is 0 Å². The molecule has 0 bridgehead atoms. The Bertz CT molecular complexity index is 170. The maximum atomic E-state index is 2.32. The summed E-state index contributed by atoms with van der Waals surface area (Å²) in [7, 11) is 3.86. The minimum absolute atomic E-state index is 0.247. The van der Waals surface area contributed by atoms with Crippen LogP contribution in [0.2, 0.25) is 0 Å². The Hall–Kier alpha value is 0.589. The topological polar surface area (TPSA) is 0 Å². The monoisotopic (exact) mass is 275 g/mol. The van der Waals surface area contributed by atoms with E-state index in [1.54, 1.807) is 0 Å². The van der Waals surface area contributed by atoms with Gasteiger partial charge in [-0.1, -0.05) is 0 Å². The SMILES string of the molecule is [CH]1=[Sn][S]S\C=C/C=C\C=C/1. The third-order valence-electron chi connectivity index (χ3n) is 0.839. The number of allylic oxidation sites excluding steroid dienone is 5. The summed E-state index contributed by atoms with van der Waals surface area (Å²) in [5.74, 6) is 0. The van der Waals surface area contributed by atoms with Gasteiger partial charge in [0.05, 0.1) is 0 Å². The Morgan fingerprint density at radius 2 is 1.70 bits per heavy atom. The molecular weight excluding hydrogens is 267 g/mol. The van der Waals surface area contributed by atoms with Gasteiger partial charge < -0.3 is 0 Å². The van der Waals surface area contributed by atoms with E-state index in [4.69, 9.17) is 0 Å². The summed E-state index contributed by atoms with van der Waals surface area (Å²) in [6.07, 6.45) is 10.4. The Kier molecular flexibility index (Phi) is 5.48. The van der Waals surface area contributed by atoms with Gasteiger partial charge in [0.1, 0.15) is 0 Å². The van der Waals surface area contributed by atoms with Crippen molar-refractivity contribution in [2.45, 2.75) is 0 Å². The molecule has 0 saturated heterocycles. The molecule has 1 rings (SSSR count). The molecule has 1 aliphatic rings. The zero-order valence-corrected chi connectivity index (χ0v) is 9.85. The molecule has 0 saturated carbocycles. The van der Waals surface area contributed by atoms with E-state index in [0.29, 0.717) is 0 Å². The predicted molar refractivity (Wildman–Crippen MR) is 54.4 cm³/mol. The molecule has 1 radical (unpaired) electrons. The summed E-state index contributed by atoms with van der Waals surface area (Å²) in [4.78, 5) is 0. The van der Waals surface area contributed by atoms with Gasteiger partial charge in [0.2, 0.25) is 0 Å². The first-order chi connectivity index (χ1) is 5.00. The molecule has 0 nitrogen and oxygen atoms in total. The Morgan fingerprint density at radius 3 is 2.70 bits per heavy atom. The van der Waals surface area contributed by atoms with E-state index in [2.05, 4.69) is 33.7 Å². The van der Waals surface area contributed by atoms with Gasteiger partial charge in [-0.3, -0.25) is 0 Å². The van der Waals surface area contributed by atoms with Gasteiger partial charge in [-0.15, -0.1) is 0 Å². The van der Waals surface area contributed by atoms with Gasteiger partial charge in [-0.25, -0.2) is 0 Å². The van der Waals surface area contributed by atoms with E-state index in [1.807, 2.05) is 24.8 Å². The first-order valence-corrected chi connectivity index (χ1v) is 10.3. The van der Waals surface area contributed by atoms with Crippen molar-refractivity contribution in [1.82, 2.24) is 0 Å². The fourth-order valence-electron chi connectivity index (χ4n) is 0.448. The van der Waals surface area contributed by atoms with Crippen LogP contribution in [0, 0.1) is 0 Å². The second-order valence-electron chi connectivity index (χ2n) is 1.56. The van der Waals surface area contributed by atoms with E-state index < -0.39 is 0 Å². The summed E-state index contributed by atoms with van der Waals surface area (Å²) in [6.45, 7) is 0. The molecule has 0 N–H and O–H groups in total. The minimum atomic E-state index is -0.247. The number of rotatable bonds is 0. The normalized spacial score (nSPS) is 27.2. The van der Waals surface area contributed by atoms with Crippen molar-refractivity contribution < 1.29 is 0 Å². The fourth-order valence-corrected chi connectivity index (χ4v) is 6.81. The van der Waals surface area contributed by atoms with Crippen LogP contribution < -0.4 is 0 Å². The molecule has 51 valence electrons. The molecule has 0 unspecified atom stereocenters. The molecule has 0 spiro atoms. The zero-order chi connectivity index (χ0) is 7.07. The van der Waals surface area contributed by atoms with Gasteiger partial charge in [-0.2, -0.15) is 0 Å². The Labute approximate surface area is 77.4 Å². The molecule has 0 fully saturated rings. The quantitative estimate of drug-likeness (QED) is 0.491. The third-order valence-corrected chi connectivity index (χ3v) is 9.00. The second kappa shape index (κ2) is 6.31. The van der Waals surface area contributed by atoms with E-state index in [9.17, 15) is 0 Å². The molecule has 1 aliphatic heterocycles. The summed E-state index contributed by atoms with van der Waals surface area (Å²) in [6, 6.07) is 0. The third kappa shape index (κ3) is 4.41. The van der Waals surface area contributed by atoms with Gasteiger partial charge in [0, 0.05) is 0 Å². The summed E-state index contributed by atoms with van der Waals surface area (Å²) in [5, 5.41) is 2.13. The van der Waals surface area contributed by atoms with Crippen LogP contribution in [0.25, 0.3) is 0 Å². The molecule has 3 heteroatoms. The van der Waals surface area contributed by atoms with Gasteiger partial charge in [-0.05, 0) is 0 Å². The molecule has 1 heterocycles. The summed E-state index contributed by atoms with van der Waals surface area (Å²) in [5.41, 5.74) is 0. The standard InChI is InChI=1S/C7H8S2.Sn/c1-2-3-4-5-6-7-9-8;/h1-8H;/q;+1/p-1/b3-2-,5-4-,7-6-;. The van der Waals surface area contributed by atoms with Crippen molar-refractivity contribution in [3.8, 4) is 0 Å². The average molecular weight is 274 g/mol. The molecule has 0 atom stereocenters. The fraction of sp³-hybridized carbons (Fsp3) is 0. The first-order valence-electron chi connectivity index (χ1n) is 2.90. The summed E-state index contributed by atoms with van der Waals surface area (Å²) < 4.78 is 2.32. The first kappa shape index (κ1) is 8.68. The van der Waals surface area contributed by atoms with E-state index in [1.165, 1.54) is 0 Å². The van der Waals surface area contributed by atoms with Crippen LogP contribution in [0.1, 0.15) is 0 Å². The molecule has 0 aromatic heterocycles. The van der Waals surface area contributed by atoms with Crippen LogP contribution in [-0.4, -0.2) is 23.3 Å². The molecule has 10 heavy (non-hydrogen) atoms. The predicted octanol–water partition coefficient (Wildman–Crippen LogP) is 2.43. The molecule has 0 aromatic rings. The number of hydrogen-bond donors (Lipinski definition) is 0. The second-order valence-corrected chi connectivity index (χ2v) is 10.8. The van der Waals surface area contributed by atoms with E-state index in [0.717, 1.165) is 0 Å². The van der Waals surface area contributed by atoms with Gasteiger partial charge in [0.15, 0.2) is 0 Å².